The molecule has 0 bridgehead atoms. The number of carbonyl (C=O) groups excluding carboxylic acids is 2. The van der Waals surface area contributed by atoms with E-state index in [1.807, 2.05) is 6.07 Å². The number of ether oxygens (including phenoxy) is 2. The van der Waals surface area contributed by atoms with Crippen molar-refractivity contribution in [1.82, 2.24) is 0 Å². The molecule has 0 heterocycles. The van der Waals surface area contributed by atoms with Crippen LogP contribution >= 0.6 is 11.6 Å². The third kappa shape index (κ3) is 4.81. The molecule has 1 amide bonds. The molecule has 0 aliphatic rings. The molecule has 0 atom stereocenters. The van der Waals surface area contributed by atoms with Gasteiger partial charge < -0.3 is 14.8 Å². The number of hydrogen-bond acceptors (Lipinski definition) is 4. The zero-order chi connectivity index (χ0) is 17.5. The van der Waals surface area contributed by atoms with E-state index in [0.29, 0.717) is 22.9 Å². The molecule has 2 aromatic rings. The molecule has 2 aromatic carbocycles. The predicted octanol–water partition coefficient (Wildman–Crippen LogP) is 3.59. The third-order valence-electron chi connectivity index (χ3n) is 3.35. The SMILES string of the molecule is COCc1cccc(C(=O)OCC(=O)Nc2cccc(Cl)c2C)c1. The summed E-state index contributed by atoms with van der Waals surface area (Å²) in [5.41, 5.74) is 2.57. The van der Waals surface area contributed by atoms with Crippen LogP contribution in [0.1, 0.15) is 21.5 Å². The van der Waals surface area contributed by atoms with Crippen LogP contribution in [-0.4, -0.2) is 25.6 Å². The largest absolute Gasteiger partial charge is 0.452 e. The van der Waals surface area contributed by atoms with Crippen LogP contribution in [0.5, 0.6) is 0 Å². The smallest absolute Gasteiger partial charge is 0.338 e. The summed E-state index contributed by atoms with van der Waals surface area (Å²) in [5.74, 6) is -0.993. The molecular weight excluding hydrogens is 330 g/mol. The molecule has 0 radical (unpaired) electrons. The minimum absolute atomic E-state index is 0.372. The molecule has 1 N–H and O–H groups in total. The van der Waals surface area contributed by atoms with Gasteiger partial charge in [0.2, 0.25) is 0 Å². The van der Waals surface area contributed by atoms with Gasteiger partial charge in [0.15, 0.2) is 6.61 Å². The van der Waals surface area contributed by atoms with Gasteiger partial charge in [-0.15, -0.1) is 0 Å². The number of carbonyl (C=O) groups is 2. The van der Waals surface area contributed by atoms with Crippen LogP contribution in [0.2, 0.25) is 5.02 Å². The minimum Gasteiger partial charge on any atom is -0.452 e. The molecule has 2 rings (SSSR count). The maximum atomic E-state index is 12.0. The molecular formula is C18H18ClNO4. The van der Waals surface area contributed by atoms with Gasteiger partial charge in [0.05, 0.1) is 12.2 Å². The fourth-order valence-electron chi connectivity index (χ4n) is 2.10. The maximum absolute atomic E-state index is 12.0. The zero-order valence-electron chi connectivity index (χ0n) is 13.5. The van der Waals surface area contributed by atoms with Crippen LogP contribution in [0.3, 0.4) is 0 Å². The van der Waals surface area contributed by atoms with Crippen LogP contribution in [0.25, 0.3) is 0 Å². The summed E-state index contributed by atoms with van der Waals surface area (Å²) in [6, 6.07) is 12.1. The number of halogens is 1. The van der Waals surface area contributed by atoms with Crippen LogP contribution in [0, 0.1) is 6.92 Å². The van der Waals surface area contributed by atoms with E-state index in [4.69, 9.17) is 21.1 Å². The van der Waals surface area contributed by atoms with E-state index >= 15 is 0 Å². The molecule has 126 valence electrons. The topological polar surface area (TPSA) is 64.6 Å². The summed E-state index contributed by atoms with van der Waals surface area (Å²) >= 11 is 6.00. The number of benzene rings is 2. The number of methoxy groups -OCH3 is 1. The van der Waals surface area contributed by atoms with Gasteiger partial charge in [-0.3, -0.25) is 4.79 Å². The summed E-state index contributed by atoms with van der Waals surface area (Å²) in [5, 5.41) is 3.22. The highest BCUT2D eigenvalue weighted by Crippen LogP contribution is 2.22. The summed E-state index contributed by atoms with van der Waals surface area (Å²) in [4.78, 5) is 23.9. The lowest BCUT2D eigenvalue weighted by Gasteiger charge is -2.10. The highest BCUT2D eigenvalue weighted by Gasteiger charge is 2.12. The van der Waals surface area contributed by atoms with E-state index in [0.717, 1.165) is 11.1 Å². The van der Waals surface area contributed by atoms with Gasteiger partial charge in [-0.1, -0.05) is 29.8 Å². The van der Waals surface area contributed by atoms with E-state index in [2.05, 4.69) is 5.32 Å². The Bertz CT molecular complexity index is 746. The van der Waals surface area contributed by atoms with Crippen molar-refractivity contribution in [3.05, 3.63) is 64.2 Å². The molecule has 0 fully saturated rings. The lowest BCUT2D eigenvalue weighted by atomic mass is 10.1. The summed E-state index contributed by atoms with van der Waals surface area (Å²) < 4.78 is 10.1. The van der Waals surface area contributed by atoms with Crippen LogP contribution < -0.4 is 5.32 Å². The lowest BCUT2D eigenvalue weighted by molar-refractivity contribution is -0.119. The fourth-order valence-corrected chi connectivity index (χ4v) is 2.27. The Morgan fingerprint density at radius 1 is 1.17 bits per heavy atom. The zero-order valence-corrected chi connectivity index (χ0v) is 14.2. The highest BCUT2D eigenvalue weighted by atomic mass is 35.5. The molecule has 24 heavy (non-hydrogen) atoms. The minimum atomic E-state index is -0.564. The Morgan fingerprint density at radius 3 is 2.67 bits per heavy atom. The van der Waals surface area contributed by atoms with Gasteiger partial charge in [-0.05, 0) is 42.3 Å². The van der Waals surface area contributed by atoms with E-state index in [1.54, 1.807) is 50.4 Å². The molecule has 0 unspecified atom stereocenters. The number of hydrogen-bond donors (Lipinski definition) is 1. The van der Waals surface area contributed by atoms with Gasteiger partial charge in [-0.2, -0.15) is 0 Å². The first-order valence-corrected chi connectivity index (χ1v) is 7.69. The molecule has 0 aromatic heterocycles. The maximum Gasteiger partial charge on any atom is 0.338 e. The van der Waals surface area contributed by atoms with Crippen molar-refractivity contribution in [2.24, 2.45) is 0 Å². The van der Waals surface area contributed by atoms with Gasteiger partial charge >= 0.3 is 5.97 Å². The molecule has 5 nitrogen and oxygen atoms in total. The first-order chi connectivity index (χ1) is 11.5. The van der Waals surface area contributed by atoms with E-state index in [9.17, 15) is 9.59 Å². The van der Waals surface area contributed by atoms with Crippen LogP contribution in [-0.2, 0) is 20.9 Å². The number of esters is 1. The molecule has 0 saturated carbocycles. The second-order valence-corrected chi connectivity index (χ2v) is 5.58. The van der Waals surface area contributed by atoms with E-state index < -0.39 is 11.9 Å². The average Bonchev–Trinajstić information content (AvgIpc) is 2.57. The van der Waals surface area contributed by atoms with Gasteiger partial charge in [0.1, 0.15) is 0 Å². The third-order valence-corrected chi connectivity index (χ3v) is 3.76. The second-order valence-electron chi connectivity index (χ2n) is 5.17. The first kappa shape index (κ1) is 18.0. The monoisotopic (exact) mass is 347 g/mol. The first-order valence-electron chi connectivity index (χ1n) is 7.31. The van der Waals surface area contributed by atoms with E-state index in [-0.39, 0.29) is 6.61 Å². The summed E-state index contributed by atoms with van der Waals surface area (Å²) in [7, 11) is 1.58. The highest BCUT2D eigenvalue weighted by molar-refractivity contribution is 6.31. The Labute approximate surface area is 145 Å². The van der Waals surface area contributed by atoms with E-state index in [1.165, 1.54) is 0 Å². The van der Waals surface area contributed by atoms with Crippen molar-refractivity contribution in [3.63, 3.8) is 0 Å². The molecule has 0 spiro atoms. The fraction of sp³-hybridized carbons (Fsp3) is 0.222. The molecule has 0 aliphatic heterocycles. The number of rotatable bonds is 6. The summed E-state index contributed by atoms with van der Waals surface area (Å²) in [6.07, 6.45) is 0. The molecule has 0 saturated heterocycles. The number of amides is 1. The standard InChI is InChI=1S/C18H18ClNO4/c1-12-15(19)7-4-8-16(12)20-17(21)11-24-18(22)14-6-3-5-13(9-14)10-23-2/h3-9H,10-11H2,1-2H3,(H,20,21). The Hall–Kier alpha value is -2.37. The van der Waals surface area contributed by atoms with Gasteiger partial charge in [0, 0.05) is 17.8 Å². The quantitative estimate of drug-likeness (QED) is 0.811. The summed E-state index contributed by atoms with van der Waals surface area (Å²) in [6.45, 7) is 1.82. The van der Waals surface area contributed by atoms with Crippen molar-refractivity contribution in [2.75, 3.05) is 19.0 Å². The van der Waals surface area contributed by atoms with Gasteiger partial charge in [0.25, 0.3) is 5.91 Å². The van der Waals surface area contributed by atoms with Gasteiger partial charge in [-0.25, -0.2) is 4.79 Å². The Morgan fingerprint density at radius 2 is 1.92 bits per heavy atom. The van der Waals surface area contributed by atoms with Crippen LogP contribution in [0.15, 0.2) is 42.5 Å². The van der Waals surface area contributed by atoms with Crippen molar-refractivity contribution >= 4 is 29.2 Å². The number of anilines is 1. The van der Waals surface area contributed by atoms with Crippen molar-refractivity contribution in [1.29, 1.82) is 0 Å². The second kappa shape index (κ2) is 8.47. The molecule has 0 aliphatic carbocycles. The van der Waals surface area contributed by atoms with Crippen molar-refractivity contribution in [2.45, 2.75) is 13.5 Å². The molecule has 6 heteroatoms. The van der Waals surface area contributed by atoms with Crippen molar-refractivity contribution in [3.8, 4) is 0 Å². The Kier molecular flexibility index (Phi) is 6.35. The average molecular weight is 348 g/mol. The van der Waals surface area contributed by atoms with Crippen molar-refractivity contribution < 1.29 is 19.1 Å². The lowest BCUT2D eigenvalue weighted by Crippen LogP contribution is -2.21. The van der Waals surface area contributed by atoms with Crippen LogP contribution in [0.4, 0.5) is 5.69 Å². The predicted molar refractivity (Wildman–Crippen MR) is 92.3 cm³/mol. The number of nitrogens with one attached hydrogen (secondary N) is 1. The normalized spacial score (nSPS) is 10.3. The Balaban J connectivity index is 1.92.